The molecule has 3 rings (SSSR count). The highest BCUT2D eigenvalue weighted by Gasteiger charge is 2.31. The summed E-state index contributed by atoms with van der Waals surface area (Å²) in [7, 11) is -3.12. The lowest BCUT2D eigenvalue weighted by atomic mass is 10.1. The maximum Gasteiger partial charge on any atom is 0.410 e. The molecule has 0 saturated carbocycles. The zero-order chi connectivity index (χ0) is 20.7. The number of sulfone groups is 1. The van der Waals surface area contributed by atoms with E-state index in [0.29, 0.717) is 0 Å². The Morgan fingerprint density at radius 1 is 0.897 bits per heavy atom. The Balaban J connectivity index is 1.65. The van der Waals surface area contributed by atoms with Crippen molar-refractivity contribution >= 4 is 21.9 Å². The lowest BCUT2D eigenvalue weighted by molar-refractivity contribution is -0.155. The average Bonchev–Trinajstić information content (AvgIpc) is 2.73. The van der Waals surface area contributed by atoms with E-state index >= 15 is 0 Å². The van der Waals surface area contributed by atoms with Crippen molar-refractivity contribution in [1.82, 2.24) is 4.90 Å². The van der Waals surface area contributed by atoms with Crippen molar-refractivity contribution in [1.29, 1.82) is 0 Å². The van der Waals surface area contributed by atoms with Gasteiger partial charge in [0.2, 0.25) is 6.10 Å². The molecule has 0 N–H and O–H groups in total. The highest BCUT2D eigenvalue weighted by Crippen LogP contribution is 2.13. The number of rotatable bonds is 6. The molecule has 0 aromatic heterocycles. The highest BCUT2D eigenvalue weighted by atomic mass is 32.2. The molecule has 1 aliphatic heterocycles. The average molecular weight is 417 g/mol. The van der Waals surface area contributed by atoms with E-state index in [9.17, 15) is 18.0 Å². The molecule has 1 fully saturated rings. The van der Waals surface area contributed by atoms with Crippen molar-refractivity contribution < 1.29 is 27.5 Å². The number of amides is 1. The number of carbonyl (C=O) groups excluding carboxylic acids is 2. The molecule has 0 spiro atoms. The lowest BCUT2D eigenvalue weighted by Gasteiger charge is -2.27. The van der Waals surface area contributed by atoms with Crippen LogP contribution >= 0.6 is 0 Å². The van der Waals surface area contributed by atoms with Crippen LogP contribution in [0, 0.1) is 0 Å². The molecule has 29 heavy (non-hydrogen) atoms. The van der Waals surface area contributed by atoms with Gasteiger partial charge < -0.3 is 14.4 Å². The fraction of sp³-hybridized carbons (Fsp3) is 0.333. The number of nitrogens with zero attached hydrogens (tertiary/aromatic N) is 1. The maximum atomic E-state index is 12.6. The summed E-state index contributed by atoms with van der Waals surface area (Å²) in [6.45, 7) is 0.182. The fourth-order valence-corrected chi connectivity index (χ4v) is 4.12. The third-order valence-electron chi connectivity index (χ3n) is 4.60. The predicted molar refractivity (Wildman–Crippen MR) is 107 cm³/mol. The lowest BCUT2D eigenvalue weighted by Crippen LogP contribution is -2.46. The number of carbonyl (C=O) groups is 2. The largest absolute Gasteiger partial charge is 0.458 e. The maximum absolute atomic E-state index is 12.6. The van der Waals surface area contributed by atoms with Crippen LogP contribution in [-0.4, -0.2) is 56.1 Å². The number of benzene rings is 2. The Bertz CT molecular complexity index is 916. The summed E-state index contributed by atoms with van der Waals surface area (Å²) < 4.78 is 33.9. The Hall–Kier alpha value is -2.87. The van der Waals surface area contributed by atoms with E-state index in [0.717, 1.165) is 11.1 Å². The second kappa shape index (κ2) is 9.56. The summed E-state index contributed by atoms with van der Waals surface area (Å²) in [5, 5.41) is 0. The van der Waals surface area contributed by atoms with Crippen LogP contribution in [0.2, 0.25) is 0 Å². The molecular formula is C21H23NO6S. The quantitative estimate of drug-likeness (QED) is 0.670. The van der Waals surface area contributed by atoms with E-state index in [-0.39, 0.29) is 37.6 Å². The van der Waals surface area contributed by atoms with Gasteiger partial charge in [-0.15, -0.1) is 0 Å². The SMILES string of the molecule is O=C(OCc1ccccc1)[C@H](Cc1ccccc1)OC(=O)N1CCS(=O)(=O)CC1. The topological polar surface area (TPSA) is 90.0 Å². The van der Waals surface area contributed by atoms with Gasteiger partial charge in [0.1, 0.15) is 6.61 Å². The van der Waals surface area contributed by atoms with Gasteiger partial charge in [-0.1, -0.05) is 60.7 Å². The zero-order valence-corrected chi connectivity index (χ0v) is 16.7. The van der Waals surface area contributed by atoms with Gasteiger partial charge in [-0.05, 0) is 11.1 Å². The molecule has 7 nitrogen and oxygen atoms in total. The molecule has 154 valence electrons. The van der Waals surface area contributed by atoms with Crippen LogP contribution in [0.3, 0.4) is 0 Å². The van der Waals surface area contributed by atoms with Crippen LogP contribution in [-0.2, 0) is 37.1 Å². The molecule has 2 aromatic carbocycles. The summed E-state index contributed by atoms with van der Waals surface area (Å²) in [6.07, 6.45) is -1.66. The van der Waals surface area contributed by atoms with Gasteiger partial charge in [-0.3, -0.25) is 0 Å². The van der Waals surface area contributed by atoms with Crippen molar-refractivity contribution in [2.75, 3.05) is 24.6 Å². The second-order valence-corrected chi connectivity index (χ2v) is 9.10. The summed E-state index contributed by atoms with van der Waals surface area (Å²) >= 11 is 0. The molecule has 0 radical (unpaired) electrons. The number of esters is 1. The van der Waals surface area contributed by atoms with Crippen LogP contribution in [0.1, 0.15) is 11.1 Å². The third kappa shape index (κ3) is 6.32. The minimum Gasteiger partial charge on any atom is -0.458 e. The molecule has 0 aliphatic carbocycles. The highest BCUT2D eigenvalue weighted by molar-refractivity contribution is 7.91. The molecule has 1 heterocycles. The molecule has 1 amide bonds. The predicted octanol–water partition coefficient (Wildman–Crippen LogP) is 2.21. The van der Waals surface area contributed by atoms with Gasteiger partial charge in [-0.25, -0.2) is 18.0 Å². The monoisotopic (exact) mass is 417 g/mol. The summed E-state index contributed by atoms with van der Waals surface area (Å²) in [4.78, 5) is 26.4. The standard InChI is InChI=1S/C21H23NO6S/c23-20(27-16-18-9-5-2-6-10-18)19(15-17-7-3-1-4-8-17)28-21(24)22-11-13-29(25,26)14-12-22/h1-10,19H,11-16H2/t19-/m0/s1. The van der Waals surface area contributed by atoms with Gasteiger partial charge in [0.15, 0.2) is 9.84 Å². The summed E-state index contributed by atoms with van der Waals surface area (Å²) in [5.41, 5.74) is 1.65. The fourth-order valence-electron chi connectivity index (χ4n) is 2.91. The molecule has 8 heteroatoms. The van der Waals surface area contributed by atoms with E-state index < -0.39 is 28.0 Å². The van der Waals surface area contributed by atoms with Crippen molar-refractivity contribution in [2.45, 2.75) is 19.1 Å². The van der Waals surface area contributed by atoms with E-state index in [2.05, 4.69) is 0 Å². The zero-order valence-electron chi connectivity index (χ0n) is 15.9. The first-order valence-electron chi connectivity index (χ1n) is 9.33. The summed E-state index contributed by atoms with van der Waals surface area (Å²) in [6, 6.07) is 18.4. The smallest absolute Gasteiger partial charge is 0.410 e. The second-order valence-electron chi connectivity index (χ2n) is 6.79. The van der Waals surface area contributed by atoms with E-state index in [4.69, 9.17) is 9.47 Å². The van der Waals surface area contributed by atoms with Gasteiger partial charge in [0.25, 0.3) is 0 Å². The molecule has 1 saturated heterocycles. The molecule has 1 atom stereocenters. The van der Waals surface area contributed by atoms with Crippen LogP contribution < -0.4 is 0 Å². The molecule has 2 aromatic rings. The summed E-state index contributed by atoms with van der Waals surface area (Å²) in [5.74, 6) is -0.857. The van der Waals surface area contributed by atoms with Crippen LogP contribution in [0.25, 0.3) is 0 Å². The molecule has 0 unspecified atom stereocenters. The molecular weight excluding hydrogens is 394 g/mol. The molecule has 1 aliphatic rings. The van der Waals surface area contributed by atoms with E-state index in [1.165, 1.54) is 4.90 Å². The Labute approximate surface area is 170 Å². The number of ether oxygens (including phenoxy) is 2. The van der Waals surface area contributed by atoms with Gasteiger partial charge in [-0.2, -0.15) is 0 Å². The minimum absolute atomic E-state index is 0.0539. The first-order valence-corrected chi connectivity index (χ1v) is 11.2. The van der Waals surface area contributed by atoms with Crippen molar-refractivity contribution in [2.24, 2.45) is 0 Å². The van der Waals surface area contributed by atoms with E-state index in [1.54, 1.807) is 0 Å². The first-order chi connectivity index (χ1) is 13.9. The van der Waals surface area contributed by atoms with Gasteiger partial charge in [0.05, 0.1) is 11.5 Å². The van der Waals surface area contributed by atoms with Crippen molar-refractivity contribution in [3.8, 4) is 0 Å². The number of hydrogen-bond donors (Lipinski definition) is 0. The Morgan fingerprint density at radius 2 is 1.45 bits per heavy atom. The normalized spacial score (nSPS) is 16.6. The Morgan fingerprint density at radius 3 is 2.03 bits per heavy atom. The van der Waals surface area contributed by atoms with Crippen molar-refractivity contribution in [3.63, 3.8) is 0 Å². The van der Waals surface area contributed by atoms with Crippen LogP contribution in [0.4, 0.5) is 4.79 Å². The van der Waals surface area contributed by atoms with Crippen LogP contribution in [0.5, 0.6) is 0 Å². The van der Waals surface area contributed by atoms with Gasteiger partial charge in [0, 0.05) is 19.5 Å². The van der Waals surface area contributed by atoms with E-state index in [1.807, 2.05) is 60.7 Å². The van der Waals surface area contributed by atoms with Crippen LogP contribution in [0.15, 0.2) is 60.7 Å². The Kier molecular flexibility index (Phi) is 6.87. The first kappa shape index (κ1) is 20.9. The third-order valence-corrected chi connectivity index (χ3v) is 6.21. The molecule has 0 bridgehead atoms. The van der Waals surface area contributed by atoms with Crippen molar-refractivity contribution in [3.05, 3.63) is 71.8 Å². The number of hydrogen-bond acceptors (Lipinski definition) is 6. The van der Waals surface area contributed by atoms with Gasteiger partial charge >= 0.3 is 12.1 Å². The minimum atomic E-state index is -3.12.